The summed E-state index contributed by atoms with van der Waals surface area (Å²) in [4.78, 5) is 11.3. The van der Waals surface area contributed by atoms with Crippen LogP contribution >= 0.6 is 0 Å². The van der Waals surface area contributed by atoms with Crippen molar-refractivity contribution >= 4 is 5.97 Å². The number of hydrogen-bond acceptors (Lipinski definition) is 3. The second-order valence-electron chi connectivity index (χ2n) is 3.93. The average molecular weight is 195 g/mol. The van der Waals surface area contributed by atoms with Crippen LogP contribution in [-0.4, -0.2) is 16.2 Å². The minimum Gasteiger partial charge on any atom is -0.480 e. The van der Waals surface area contributed by atoms with Gasteiger partial charge in [0.25, 0.3) is 0 Å². The summed E-state index contributed by atoms with van der Waals surface area (Å²) in [7, 11) is 0. The molecule has 0 atom stereocenters. The summed E-state index contributed by atoms with van der Waals surface area (Å²) in [5.74, 6) is -0.239. The quantitative estimate of drug-likeness (QED) is 0.782. The zero-order valence-corrected chi connectivity index (χ0v) is 8.12. The molecular weight excluding hydrogens is 182 g/mol. The highest BCUT2D eigenvalue weighted by molar-refractivity contribution is 5.81. The molecule has 1 aliphatic rings. The van der Waals surface area contributed by atoms with Crippen LogP contribution in [0.15, 0.2) is 10.7 Å². The lowest BCUT2D eigenvalue weighted by molar-refractivity contribution is -0.144. The van der Waals surface area contributed by atoms with Crippen LogP contribution in [0.25, 0.3) is 0 Å². The van der Waals surface area contributed by atoms with E-state index in [9.17, 15) is 9.90 Å². The molecule has 0 aliphatic heterocycles. The van der Waals surface area contributed by atoms with Crippen molar-refractivity contribution in [3.05, 3.63) is 17.5 Å². The van der Waals surface area contributed by atoms with Gasteiger partial charge in [-0.05, 0) is 19.8 Å². The lowest BCUT2D eigenvalue weighted by Gasteiger charge is -2.20. The first-order valence-electron chi connectivity index (χ1n) is 4.82. The molecule has 0 spiro atoms. The zero-order valence-electron chi connectivity index (χ0n) is 8.12. The summed E-state index contributed by atoms with van der Waals surface area (Å²) in [6.45, 7) is 1.84. The lowest BCUT2D eigenvalue weighted by atomic mass is 9.82. The zero-order chi connectivity index (χ0) is 10.2. The summed E-state index contributed by atoms with van der Waals surface area (Å²) in [5, 5.41) is 12.9. The molecule has 0 bridgehead atoms. The van der Waals surface area contributed by atoms with E-state index in [1.54, 1.807) is 6.20 Å². The Morgan fingerprint density at radius 1 is 1.57 bits per heavy atom. The van der Waals surface area contributed by atoms with E-state index in [0.29, 0.717) is 18.6 Å². The smallest absolute Gasteiger partial charge is 0.317 e. The molecule has 1 N–H and O–H groups in total. The standard InChI is InChI=1S/C10H13NO3/c1-7-6-11-14-8(7)10(9(12)13)4-2-3-5-10/h6H,2-5H2,1H3,(H,12,13). The minimum atomic E-state index is -0.805. The Hall–Kier alpha value is -1.32. The van der Waals surface area contributed by atoms with Gasteiger partial charge in [0.2, 0.25) is 0 Å². The largest absolute Gasteiger partial charge is 0.480 e. The minimum absolute atomic E-state index is 0.544. The molecule has 4 nitrogen and oxygen atoms in total. The van der Waals surface area contributed by atoms with Crippen molar-refractivity contribution < 1.29 is 14.4 Å². The van der Waals surface area contributed by atoms with Gasteiger partial charge in [-0.2, -0.15) is 0 Å². The Bertz CT molecular complexity index is 350. The normalized spacial score (nSPS) is 19.8. The van der Waals surface area contributed by atoms with Crippen molar-refractivity contribution in [2.75, 3.05) is 0 Å². The fourth-order valence-corrected chi connectivity index (χ4v) is 2.27. The maximum atomic E-state index is 11.3. The number of aliphatic carboxylic acids is 1. The molecule has 0 aromatic carbocycles. The number of aryl methyl sites for hydroxylation is 1. The summed E-state index contributed by atoms with van der Waals surface area (Å²) >= 11 is 0. The molecule has 4 heteroatoms. The van der Waals surface area contributed by atoms with Crippen LogP contribution in [0.3, 0.4) is 0 Å². The number of aromatic nitrogens is 1. The van der Waals surface area contributed by atoms with E-state index >= 15 is 0 Å². The van der Waals surface area contributed by atoms with Gasteiger partial charge in [-0.15, -0.1) is 0 Å². The first-order chi connectivity index (χ1) is 6.67. The molecule has 2 rings (SSSR count). The highest BCUT2D eigenvalue weighted by Gasteiger charge is 2.47. The summed E-state index contributed by atoms with van der Waals surface area (Å²) in [6, 6.07) is 0. The summed E-state index contributed by atoms with van der Waals surface area (Å²) in [6.07, 6.45) is 4.81. The van der Waals surface area contributed by atoms with Gasteiger partial charge in [0.1, 0.15) is 5.41 Å². The monoisotopic (exact) mass is 195 g/mol. The molecule has 76 valence electrons. The molecular formula is C10H13NO3. The molecule has 0 amide bonds. The van der Waals surface area contributed by atoms with Crippen LogP contribution in [0.4, 0.5) is 0 Å². The fraction of sp³-hybridized carbons (Fsp3) is 0.600. The van der Waals surface area contributed by atoms with E-state index in [4.69, 9.17) is 4.52 Å². The summed E-state index contributed by atoms with van der Waals surface area (Å²) in [5.41, 5.74) is 0.0370. The van der Waals surface area contributed by atoms with E-state index in [0.717, 1.165) is 18.4 Å². The molecule has 14 heavy (non-hydrogen) atoms. The second kappa shape index (κ2) is 3.12. The van der Waals surface area contributed by atoms with Crippen LogP contribution in [0.5, 0.6) is 0 Å². The topological polar surface area (TPSA) is 63.3 Å². The second-order valence-corrected chi connectivity index (χ2v) is 3.93. The van der Waals surface area contributed by atoms with Crippen LogP contribution in [-0.2, 0) is 10.2 Å². The fourth-order valence-electron chi connectivity index (χ4n) is 2.27. The van der Waals surface area contributed by atoms with E-state index < -0.39 is 11.4 Å². The van der Waals surface area contributed by atoms with E-state index in [1.165, 1.54) is 0 Å². The van der Waals surface area contributed by atoms with Gasteiger partial charge in [-0.1, -0.05) is 18.0 Å². The number of carbonyl (C=O) groups is 1. The maximum absolute atomic E-state index is 11.3. The molecule has 1 aromatic heterocycles. The van der Waals surface area contributed by atoms with Gasteiger partial charge in [-0.3, -0.25) is 4.79 Å². The van der Waals surface area contributed by atoms with Crippen molar-refractivity contribution in [2.45, 2.75) is 38.0 Å². The predicted octanol–water partition coefficient (Wildman–Crippen LogP) is 1.88. The molecule has 0 radical (unpaired) electrons. The highest BCUT2D eigenvalue weighted by atomic mass is 16.5. The summed E-state index contributed by atoms with van der Waals surface area (Å²) < 4.78 is 5.08. The van der Waals surface area contributed by atoms with E-state index in [-0.39, 0.29) is 0 Å². The van der Waals surface area contributed by atoms with Gasteiger partial charge < -0.3 is 9.63 Å². The van der Waals surface area contributed by atoms with Gasteiger partial charge in [0.05, 0.1) is 6.20 Å². The number of rotatable bonds is 2. The average Bonchev–Trinajstić information content (AvgIpc) is 2.72. The molecule has 1 saturated carbocycles. The predicted molar refractivity (Wildman–Crippen MR) is 49.0 cm³/mol. The SMILES string of the molecule is Cc1cnoc1C1(C(=O)O)CCCC1. The third-order valence-electron chi connectivity index (χ3n) is 3.05. The molecule has 1 aromatic rings. The van der Waals surface area contributed by atoms with Crippen molar-refractivity contribution in [1.29, 1.82) is 0 Å². The van der Waals surface area contributed by atoms with Crippen molar-refractivity contribution in [2.24, 2.45) is 0 Å². The first-order valence-corrected chi connectivity index (χ1v) is 4.82. The molecule has 1 aliphatic carbocycles. The third-order valence-corrected chi connectivity index (χ3v) is 3.05. The Kier molecular flexibility index (Phi) is 2.06. The molecule has 1 fully saturated rings. The van der Waals surface area contributed by atoms with Crippen molar-refractivity contribution in [3.8, 4) is 0 Å². The highest BCUT2D eigenvalue weighted by Crippen LogP contribution is 2.42. The van der Waals surface area contributed by atoms with Gasteiger partial charge in [-0.25, -0.2) is 0 Å². The van der Waals surface area contributed by atoms with Gasteiger partial charge in [0.15, 0.2) is 5.76 Å². The maximum Gasteiger partial charge on any atom is 0.317 e. The van der Waals surface area contributed by atoms with Gasteiger partial charge in [0, 0.05) is 5.56 Å². The van der Waals surface area contributed by atoms with Gasteiger partial charge >= 0.3 is 5.97 Å². The van der Waals surface area contributed by atoms with Crippen molar-refractivity contribution in [3.63, 3.8) is 0 Å². The van der Waals surface area contributed by atoms with Crippen molar-refractivity contribution in [1.82, 2.24) is 5.16 Å². The van der Waals surface area contributed by atoms with E-state index in [2.05, 4.69) is 5.16 Å². The number of hydrogen-bond donors (Lipinski definition) is 1. The number of nitrogens with zero attached hydrogens (tertiary/aromatic N) is 1. The molecule has 0 unspecified atom stereocenters. The third kappa shape index (κ3) is 1.14. The lowest BCUT2D eigenvalue weighted by Crippen LogP contribution is -2.32. The van der Waals surface area contributed by atoms with Crippen LogP contribution in [0.1, 0.15) is 37.0 Å². The molecule has 0 saturated heterocycles. The van der Waals surface area contributed by atoms with Crippen LogP contribution < -0.4 is 0 Å². The van der Waals surface area contributed by atoms with Crippen LogP contribution in [0.2, 0.25) is 0 Å². The number of carboxylic acid groups (broad SMARTS) is 1. The first kappa shape index (κ1) is 9.24. The van der Waals surface area contributed by atoms with E-state index in [1.807, 2.05) is 6.92 Å². The Morgan fingerprint density at radius 3 is 2.64 bits per heavy atom. The molecule has 1 heterocycles. The Morgan fingerprint density at radius 2 is 2.21 bits per heavy atom. The number of carboxylic acids is 1. The Balaban J connectivity index is 2.46. The Labute approximate surface area is 81.9 Å². The van der Waals surface area contributed by atoms with Crippen LogP contribution in [0, 0.1) is 6.92 Å².